The van der Waals surface area contributed by atoms with Gasteiger partial charge in [0.15, 0.2) is 5.78 Å². The van der Waals surface area contributed by atoms with E-state index in [0.717, 1.165) is 34.8 Å². The Morgan fingerprint density at radius 2 is 1.55 bits per heavy atom. The van der Waals surface area contributed by atoms with Crippen LogP contribution >= 0.6 is 11.6 Å². The van der Waals surface area contributed by atoms with E-state index >= 15 is 0 Å². The topological polar surface area (TPSA) is 74.8 Å². The van der Waals surface area contributed by atoms with Gasteiger partial charge in [-0.3, -0.25) is 19.2 Å². The van der Waals surface area contributed by atoms with Crippen LogP contribution in [0.15, 0.2) is 48.5 Å². The van der Waals surface area contributed by atoms with E-state index in [-0.39, 0.29) is 40.0 Å². The molecule has 0 spiro atoms. The van der Waals surface area contributed by atoms with Crippen molar-refractivity contribution in [1.29, 1.82) is 0 Å². The lowest BCUT2D eigenvalue weighted by Gasteiger charge is -2.35. The molecular formula is C26H25ClN2O4. The lowest BCUT2D eigenvalue weighted by atomic mass is 9.81. The number of carbonyl (C=O) groups excluding carboxylic acids is 4. The number of fused-ring (bicyclic) bond motifs is 5. The molecule has 6 nitrogen and oxygen atoms in total. The molecule has 1 saturated heterocycles. The van der Waals surface area contributed by atoms with E-state index in [9.17, 15) is 19.2 Å². The van der Waals surface area contributed by atoms with Gasteiger partial charge < -0.3 is 0 Å². The number of amides is 3. The summed E-state index contributed by atoms with van der Waals surface area (Å²) in [6.07, 6.45) is 2.74. The Bertz CT molecular complexity index is 1130. The Labute approximate surface area is 197 Å². The number of Topliss-reactive ketones (excluding diaryl/α,β-unsaturated/α-hetero) is 1. The van der Waals surface area contributed by atoms with Gasteiger partial charge in [0.25, 0.3) is 17.7 Å². The average Bonchev–Trinajstić information content (AvgIpc) is 3.49. The zero-order valence-electron chi connectivity index (χ0n) is 18.5. The molecule has 0 N–H and O–H groups in total. The number of rotatable bonds is 5. The molecule has 1 heterocycles. The molecular weight excluding hydrogens is 440 g/mol. The van der Waals surface area contributed by atoms with Crippen molar-refractivity contribution in [2.24, 2.45) is 23.7 Å². The fourth-order valence-electron chi connectivity index (χ4n) is 5.87. The third-order valence-electron chi connectivity index (χ3n) is 7.51. The average molecular weight is 465 g/mol. The molecule has 33 heavy (non-hydrogen) atoms. The molecule has 3 aliphatic rings. The minimum absolute atomic E-state index is 0.142. The Kier molecular flexibility index (Phi) is 5.36. The van der Waals surface area contributed by atoms with E-state index < -0.39 is 23.8 Å². The molecule has 5 atom stereocenters. The summed E-state index contributed by atoms with van der Waals surface area (Å²) in [4.78, 5) is 54.2. The van der Waals surface area contributed by atoms with Crippen molar-refractivity contribution < 1.29 is 19.2 Å². The van der Waals surface area contributed by atoms with Gasteiger partial charge in [-0.05, 0) is 57.1 Å². The molecule has 3 fully saturated rings. The molecule has 0 radical (unpaired) electrons. The van der Waals surface area contributed by atoms with E-state index in [1.165, 1.54) is 6.07 Å². The van der Waals surface area contributed by atoms with Crippen molar-refractivity contribution in [3.8, 4) is 0 Å². The first-order valence-electron chi connectivity index (χ1n) is 11.4. The van der Waals surface area contributed by atoms with Gasteiger partial charge in [-0.25, -0.2) is 5.01 Å². The highest BCUT2D eigenvalue weighted by Crippen LogP contribution is 2.56. The second-order valence-electron chi connectivity index (χ2n) is 9.41. The van der Waals surface area contributed by atoms with Crippen molar-refractivity contribution in [2.75, 3.05) is 0 Å². The summed E-state index contributed by atoms with van der Waals surface area (Å²) in [5.74, 6) is -2.21. The number of hydrazine groups is 1. The molecule has 2 bridgehead atoms. The maximum absolute atomic E-state index is 13.7. The predicted octanol–water partition coefficient (Wildman–Crippen LogP) is 4.31. The van der Waals surface area contributed by atoms with Gasteiger partial charge in [-0.15, -0.1) is 0 Å². The highest BCUT2D eigenvalue weighted by atomic mass is 35.5. The van der Waals surface area contributed by atoms with Gasteiger partial charge >= 0.3 is 0 Å². The van der Waals surface area contributed by atoms with E-state index in [1.807, 2.05) is 19.1 Å². The van der Waals surface area contributed by atoms with Gasteiger partial charge in [0.1, 0.15) is 6.04 Å². The lowest BCUT2D eigenvalue weighted by Crippen LogP contribution is -2.57. The van der Waals surface area contributed by atoms with Gasteiger partial charge in [0.2, 0.25) is 0 Å². The summed E-state index contributed by atoms with van der Waals surface area (Å²) in [5.41, 5.74) is 1.55. The summed E-state index contributed by atoms with van der Waals surface area (Å²) in [5, 5.41) is 2.20. The highest BCUT2D eigenvalue weighted by Gasteiger charge is 2.63. The fourth-order valence-corrected chi connectivity index (χ4v) is 6.09. The van der Waals surface area contributed by atoms with Crippen molar-refractivity contribution >= 4 is 35.1 Å². The van der Waals surface area contributed by atoms with E-state index in [1.54, 1.807) is 37.3 Å². The van der Waals surface area contributed by atoms with Gasteiger partial charge in [-0.2, -0.15) is 5.01 Å². The van der Waals surface area contributed by atoms with Gasteiger partial charge in [-0.1, -0.05) is 53.6 Å². The molecule has 2 saturated carbocycles. The van der Waals surface area contributed by atoms with E-state index in [2.05, 4.69) is 0 Å². The molecule has 5 rings (SSSR count). The predicted molar refractivity (Wildman–Crippen MR) is 122 cm³/mol. The zero-order chi connectivity index (χ0) is 23.4. The summed E-state index contributed by atoms with van der Waals surface area (Å²) in [6.45, 7) is 3.47. The SMILES string of the molecule is Cc1ccc(C(=O)[C@H](C)N(C(=O)c2ccccc2Cl)N2C(=O)[C@@H]3[C@H]4CC[C@@H](C4)[C@@H]3C2=O)cc1. The first-order chi connectivity index (χ1) is 15.8. The normalized spacial score (nSPS) is 26.5. The number of ketones is 1. The van der Waals surface area contributed by atoms with Crippen LogP contribution in [0, 0.1) is 30.6 Å². The molecule has 0 aromatic heterocycles. The van der Waals surface area contributed by atoms with Gasteiger partial charge in [0.05, 0.1) is 22.4 Å². The van der Waals surface area contributed by atoms with Crippen molar-refractivity contribution in [3.63, 3.8) is 0 Å². The number of carbonyl (C=O) groups is 4. The summed E-state index contributed by atoms with van der Waals surface area (Å²) in [7, 11) is 0. The van der Waals surface area contributed by atoms with Crippen LogP contribution in [-0.2, 0) is 9.59 Å². The zero-order valence-corrected chi connectivity index (χ0v) is 19.3. The number of benzene rings is 2. The number of imide groups is 1. The molecule has 2 aromatic rings. The van der Waals surface area contributed by atoms with Crippen molar-refractivity contribution in [2.45, 2.75) is 39.2 Å². The Balaban J connectivity index is 1.56. The van der Waals surface area contributed by atoms with E-state index in [4.69, 9.17) is 11.6 Å². The number of hydrogen-bond donors (Lipinski definition) is 0. The summed E-state index contributed by atoms with van der Waals surface area (Å²) >= 11 is 6.29. The number of halogens is 1. The molecule has 3 amide bonds. The van der Waals surface area contributed by atoms with Crippen LogP contribution in [0.4, 0.5) is 0 Å². The highest BCUT2D eigenvalue weighted by molar-refractivity contribution is 6.34. The summed E-state index contributed by atoms with van der Waals surface area (Å²) < 4.78 is 0. The second kappa shape index (κ2) is 8.10. The van der Waals surface area contributed by atoms with Crippen LogP contribution in [-0.4, -0.2) is 39.6 Å². The largest absolute Gasteiger partial charge is 0.292 e. The van der Waals surface area contributed by atoms with Crippen molar-refractivity contribution in [1.82, 2.24) is 10.0 Å². The third-order valence-corrected chi connectivity index (χ3v) is 7.84. The molecule has 2 aliphatic carbocycles. The second-order valence-corrected chi connectivity index (χ2v) is 9.82. The molecule has 7 heteroatoms. The van der Waals surface area contributed by atoms with E-state index in [0.29, 0.717) is 5.56 Å². The number of aryl methyl sites for hydroxylation is 1. The Morgan fingerprint density at radius 1 is 0.970 bits per heavy atom. The quantitative estimate of drug-likeness (QED) is 0.488. The van der Waals surface area contributed by atoms with Crippen LogP contribution in [0.3, 0.4) is 0 Å². The summed E-state index contributed by atoms with van der Waals surface area (Å²) in [6, 6.07) is 12.4. The standard InChI is InChI=1S/C26H25ClN2O4/c1-14-7-9-16(10-8-14)23(30)15(2)28(24(31)19-5-3-4-6-20(19)27)29-25(32)21-17-11-12-18(13-17)22(21)26(29)33/h3-10,15,17-18,21-22H,11-13H2,1-2H3/t15-,17-,18-,21-,22+/m0/s1. The van der Waals surface area contributed by atoms with Crippen LogP contribution < -0.4 is 0 Å². The maximum atomic E-state index is 13.7. The van der Waals surface area contributed by atoms with Gasteiger partial charge in [0, 0.05) is 5.56 Å². The number of hydrogen-bond acceptors (Lipinski definition) is 4. The maximum Gasteiger partial charge on any atom is 0.275 e. The molecule has 1 aliphatic heterocycles. The molecule has 170 valence electrons. The first-order valence-corrected chi connectivity index (χ1v) is 11.7. The third kappa shape index (κ3) is 3.39. The van der Waals surface area contributed by atoms with Crippen molar-refractivity contribution in [3.05, 3.63) is 70.2 Å². The number of nitrogens with zero attached hydrogens (tertiary/aromatic N) is 2. The fraction of sp³-hybridized carbons (Fsp3) is 0.385. The minimum atomic E-state index is -1.07. The smallest absolute Gasteiger partial charge is 0.275 e. The van der Waals surface area contributed by atoms with Crippen LogP contribution in [0.2, 0.25) is 5.02 Å². The monoisotopic (exact) mass is 464 g/mol. The Morgan fingerprint density at radius 3 is 2.12 bits per heavy atom. The van der Waals surface area contributed by atoms with Crippen LogP contribution in [0.1, 0.15) is 52.5 Å². The molecule has 0 unspecified atom stereocenters. The lowest BCUT2D eigenvalue weighted by molar-refractivity contribution is -0.157. The Hall–Kier alpha value is -2.99. The van der Waals surface area contributed by atoms with Crippen LogP contribution in [0.5, 0.6) is 0 Å². The van der Waals surface area contributed by atoms with Crippen LogP contribution in [0.25, 0.3) is 0 Å². The minimum Gasteiger partial charge on any atom is -0.292 e. The molecule has 2 aromatic carbocycles. The first kappa shape index (κ1) is 21.8.